The minimum atomic E-state index is -1.26. The van der Waals surface area contributed by atoms with Crippen LogP contribution in [0.3, 0.4) is 0 Å². The van der Waals surface area contributed by atoms with Gasteiger partial charge in [0.25, 0.3) is 17.5 Å². The Labute approximate surface area is 177 Å². The molecule has 0 fully saturated rings. The highest BCUT2D eigenvalue weighted by Crippen LogP contribution is 2.29. The summed E-state index contributed by atoms with van der Waals surface area (Å²) in [6, 6.07) is 10.2. The molecule has 0 aliphatic rings. The SMILES string of the molecule is COc1cccc(C(=O)NCC(=O)OC(C)C(=O)Nc2ccc(OC)cc2[N+](=O)[O-])c1. The number of anilines is 1. The fourth-order valence-electron chi connectivity index (χ4n) is 2.44. The number of amides is 2. The summed E-state index contributed by atoms with van der Waals surface area (Å²) in [5.41, 5.74) is -0.174. The second-order valence-corrected chi connectivity index (χ2v) is 6.18. The van der Waals surface area contributed by atoms with Gasteiger partial charge in [-0.15, -0.1) is 0 Å². The third-order valence-electron chi connectivity index (χ3n) is 4.06. The molecule has 11 heteroatoms. The molecule has 2 N–H and O–H groups in total. The Bertz CT molecular complexity index is 992. The van der Waals surface area contributed by atoms with Crippen molar-refractivity contribution in [3.8, 4) is 11.5 Å². The van der Waals surface area contributed by atoms with Crippen LogP contribution in [-0.4, -0.2) is 49.6 Å². The highest BCUT2D eigenvalue weighted by atomic mass is 16.6. The Morgan fingerprint density at radius 2 is 1.74 bits per heavy atom. The molecule has 2 amide bonds. The lowest BCUT2D eigenvalue weighted by Crippen LogP contribution is -2.35. The van der Waals surface area contributed by atoms with E-state index in [1.54, 1.807) is 18.2 Å². The molecule has 0 saturated carbocycles. The van der Waals surface area contributed by atoms with E-state index in [2.05, 4.69) is 10.6 Å². The third kappa shape index (κ3) is 6.42. The van der Waals surface area contributed by atoms with Gasteiger partial charge in [0.1, 0.15) is 23.7 Å². The molecular formula is C20H21N3O8. The van der Waals surface area contributed by atoms with E-state index >= 15 is 0 Å². The van der Waals surface area contributed by atoms with Crippen LogP contribution >= 0.6 is 0 Å². The van der Waals surface area contributed by atoms with Crippen molar-refractivity contribution in [2.45, 2.75) is 13.0 Å². The molecule has 1 atom stereocenters. The monoisotopic (exact) mass is 431 g/mol. The fourth-order valence-corrected chi connectivity index (χ4v) is 2.44. The second-order valence-electron chi connectivity index (χ2n) is 6.18. The number of hydrogen-bond acceptors (Lipinski definition) is 8. The number of nitrogens with one attached hydrogen (secondary N) is 2. The van der Waals surface area contributed by atoms with Gasteiger partial charge in [-0.3, -0.25) is 24.5 Å². The number of carbonyl (C=O) groups excluding carboxylic acids is 3. The maximum atomic E-state index is 12.3. The predicted molar refractivity (Wildman–Crippen MR) is 109 cm³/mol. The first-order valence-electron chi connectivity index (χ1n) is 9.00. The van der Waals surface area contributed by atoms with E-state index < -0.39 is 35.4 Å². The van der Waals surface area contributed by atoms with Gasteiger partial charge in [-0.1, -0.05) is 6.07 Å². The predicted octanol–water partition coefficient (Wildman–Crippen LogP) is 1.91. The summed E-state index contributed by atoms with van der Waals surface area (Å²) >= 11 is 0. The van der Waals surface area contributed by atoms with Crippen LogP contribution in [0.2, 0.25) is 0 Å². The number of ether oxygens (including phenoxy) is 3. The Hall–Kier alpha value is -4.15. The summed E-state index contributed by atoms with van der Waals surface area (Å²) in [6.45, 7) is 0.822. The number of rotatable bonds is 9. The molecule has 2 aromatic carbocycles. The molecule has 1 unspecified atom stereocenters. The van der Waals surface area contributed by atoms with E-state index in [0.29, 0.717) is 5.75 Å². The lowest BCUT2D eigenvalue weighted by Gasteiger charge is -2.14. The van der Waals surface area contributed by atoms with Crippen LogP contribution in [0.25, 0.3) is 0 Å². The minimum absolute atomic E-state index is 0.0787. The average molecular weight is 431 g/mol. The fraction of sp³-hybridized carbons (Fsp3) is 0.250. The van der Waals surface area contributed by atoms with Gasteiger partial charge in [0.05, 0.1) is 25.2 Å². The van der Waals surface area contributed by atoms with Gasteiger partial charge in [-0.25, -0.2) is 0 Å². The quantitative estimate of drug-likeness (QED) is 0.348. The molecule has 0 aliphatic carbocycles. The van der Waals surface area contributed by atoms with E-state index in [1.807, 2.05) is 0 Å². The van der Waals surface area contributed by atoms with Crippen molar-refractivity contribution in [2.75, 3.05) is 26.1 Å². The van der Waals surface area contributed by atoms with E-state index in [9.17, 15) is 24.5 Å². The summed E-state index contributed by atoms with van der Waals surface area (Å²) in [5, 5.41) is 15.9. The zero-order valence-electron chi connectivity index (χ0n) is 17.0. The Kier molecular flexibility index (Phi) is 7.89. The van der Waals surface area contributed by atoms with Crippen molar-refractivity contribution in [3.63, 3.8) is 0 Å². The van der Waals surface area contributed by atoms with Gasteiger partial charge in [-0.2, -0.15) is 0 Å². The molecule has 0 bridgehead atoms. The molecule has 0 spiro atoms. The molecule has 0 radical (unpaired) electrons. The number of methoxy groups -OCH3 is 2. The van der Waals surface area contributed by atoms with Gasteiger partial charge < -0.3 is 24.8 Å². The summed E-state index contributed by atoms with van der Waals surface area (Å²) in [5.74, 6) is -1.44. The maximum absolute atomic E-state index is 12.3. The maximum Gasteiger partial charge on any atom is 0.326 e. The van der Waals surface area contributed by atoms with Crippen LogP contribution in [0.1, 0.15) is 17.3 Å². The van der Waals surface area contributed by atoms with Gasteiger partial charge in [-0.05, 0) is 37.3 Å². The summed E-state index contributed by atoms with van der Waals surface area (Å²) in [6.07, 6.45) is -1.26. The number of nitro benzene ring substituents is 1. The smallest absolute Gasteiger partial charge is 0.326 e. The lowest BCUT2D eigenvalue weighted by atomic mass is 10.2. The highest BCUT2D eigenvalue weighted by molar-refractivity contribution is 5.98. The zero-order chi connectivity index (χ0) is 23.0. The normalized spacial score (nSPS) is 11.1. The lowest BCUT2D eigenvalue weighted by molar-refractivity contribution is -0.384. The molecule has 0 saturated heterocycles. The minimum Gasteiger partial charge on any atom is -0.497 e. The number of nitro groups is 1. The first-order chi connectivity index (χ1) is 14.7. The van der Waals surface area contributed by atoms with Crippen LogP contribution in [0.4, 0.5) is 11.4 Å². The highest BCUT2D eigenvalue weighted by Gasteiger charge is 2.23. The Balaban J connectivity index is 1.91. The van der Waals surface area contributed by atoms with Crippen molar-refractivity contribution in [1.82, 2.24) is 5.32 Å². The molecule has 2 aromatic rings. The van der Waals surface area contributed by atoms with Gasteiger partial charge in [0, 0.05) is 5.56 Å². The number of nitrogens with zero attached hydrogens (tertiary/aromatic N) is 1. The average Bonchev–Trinajstić information content (AvgIpc) is 2.77. The van der Waals surface area contributed by atoms with Gasteiger partial charge in [0.2, 0.25) is 0 Å². The molecule has 164 valence electrons. The van der Waals surface area contributed by atoms with Crippen molar-refractivity contribution >= 4 is 29.2 Å². The van der Waals surface area contributed by atoms with Crippen LogP contribution in [0, 0.1) is 10.1 Å². The first-order valence-corrected chi connectivity index (χ1v) is 9.00. The molecule has 0 aliphatic heterocycles. The first kappa shape index (κ1) is 23.1. The topological polar surface area (TPSA) is 146 Å². The molecule has 2 rings (SSSR count). The number of carbonyl (C=O) groups is 3. The van der Waals surface area contributed by atoms with E-state index in [4.69, 9.17) is 14.2 Å². The second kappa shape index (κ2) is 10.6. The standard InChI is InChI=1S/C20H21N3O8/c1-12(19(25)22-16-8-7-15(30-3)10-17(16)23(27)28)31-18(24)11-21-20(26)13-5-4-6-14(9-13)29-2/h4-10,12H,11H2,1-3H3,(H,21,26)(H,22,25). The summed E-state index contributed by atoms with van der Waals surface area (Å²) in [7, 11) is 2.81. The molecule has 0 aromatic heterocycles. The van der Waals surface area contributed by atoms with Crippen molar-refractivity contribution in [2.24, 2.45) is 0 Å². The molecule has 11 nitrogen and oxygen atoms in total. The van der Waals surface area contributed by atoms with Crippen LogP contribution in [-0.2, 0) is 14.3 Å². The van der Waals surface area contributed by atoms with Crippen molar-refractivity contribution in [1.29, 1.82) is 0 Å². The summed E-state index contributed by atoms with van der Waals surface area (Å²) < 4.78 is 14.9. The van der Waals surface area contributed by atoms with Crippen molar-refractivity contribution < 1.29 is 33.5 Å². The molecule has 0 heterocycles. The number of esters is 1. The van der Waals surface area contributed by atoms with Gasteiger partial charge >= 0.3 is 5.97 Å². The van der Waals surface area contributed by atoms with E-state index in [1.165, 1.54) is 39.3 Å². The van der Waals surface area contributed by atoms with E-state index in [0.717, 1.165) is 6.07 Å². The molecular weight excluding hydrogens is 410 g/mol. The number of benzene rings is 2. The van der Waals surface area contributed by atoms with E-state index in [-0.39, 0.29) is 22.7 Å². The largest absolute Gasteiger partial charge is 0.497 e. The Morgan fingerprint density at radius 1 is 1.06 bits per heavy atom. The number of hydrogen-bond donors (Lipinski definition) is 2. The third-order valence-corrected chi connectivity index (χ3v) is 4.06. The Morgan fingerprint density at radius 3 is 2.39 bits per heavy atom. The summed E-state index contributed by atoms with van der Waals surface area (Å²) in [4.78, 5) is 46.8. The van der Waals surface area contributed by atoms with Crippen LogP contribution in [0.5, 0.6) is 11.5 Å². The zero-order valence-corrected chi connectivity index (χ0v) is 17.0. The van der Waals surface area contributed by atoms with Crippen molar-refractivity contribution in [3.05, 3.63) is 58.1 Å². The van der Waals surface area contributed by atoms with Crippen LogP contribution < -0.4 is 20.1 Å². The van der Waals surface area contributed by atoms with Crippen LogP contribution in [0.15, 0.2) is 42.5 Å². The van der Waals surface area contributed by atoms with Gasteiger partial charge in [0.15, 0.2) is 6.10 Å². The molecule has 31 heavy (non-hydrogen) atoms.